The molecule has 0 amide bonds. The minimum Gasteiger partial charge on any atom is -0.457 e. The van der Waals surface area contributed by atoms with Gasteiger partial charge in [-0.3, -0.25) is 0 Å². The average molecular weight is 740 g/mol. The van der Waals surface area contributed by atoms with E-state index in [1.807, 2.05) is 24.3 Å². The largest absolute Gasteiger partial charge is 0.457 e. The SMILES string of the molecule is c1ccc(-c2cc(-c3ccc4nc(-c5ccccc5)c5cc6c(cc5c4c3)C3(c4ccccc4Oc4ccccc43)c3ccccc3-6)nc(-c3ccccc3)n2)cc1. The summed E-state index contributed by atoms with van der Waals surface area (Å²) in [5, 5.41) is 3.31. The van der Waals surface area contributed by atoms with Gasteiger partial charge in [0, 0.05) is 44.2 Å². The smallest absolute Gasteiger partial charge is 0.160 e. The van der Waals surface area contributed by atoms with Crippen molar-refractivity contribution in [2.24, 2.45) is 0 Å². The second-order valence-electron chi connectivity index (χ2n) is 15.1. The molecule has 0 saturated heterocycles. The Balaban J connectivity index is 1.18. The minimum absolute atomic E-state index is 0.590. The van der Waals surface area contributed by atoms with E-state index >= 15 is 0 Å². The molecule has 0 atom stereocenters. The quantitative estimate of drug-likeness (QED) is 0.169. The third kappa shape index (κ3) is 4.79. The minimum atomic E-state index is -0.590. The first kappa shape index (κ1) is 32.5. The van der Waals surface area contributed by atoms with Gasteiger partial charge in [0.2, 0.25) is 0 Å². The molecule has 10 aromatic rings. The lowest BCUT2D eigenvalue weighted by Crippen LogP contribution is -2.32. The number of fused-ring (bicyclic) bond motifs is 12. The first-order valence-corrected chi connectivity index (χ1v) is 19.7. The Morgan fingerprint density at radius 2 is 0.914 bits per heavy atom. The Hall–Kier alpha value is -7.69. The average Bonchev–Trinajstić information content (AvgIpc) is 3.58. The molecular weight excluding hydrogens is 707 g/mol. The molecule has 0 N–H and O–H groups in total. The number of hydrogen-bond donors (Lipinski definition) is 0. The summed E-state index contributed by atoms with van der Waals surface area (Å²) in [4.78, 5) is 15.7. The van der Waals surface area contributed by atoms with E-state index in [0.29, 0.717) is 5.82 Å². The van der Waals surface area contributed by atoms with Crippen LogP contribution in [0.2, 0.25) is 0 Å². The molecule has 1 spiro atoms. The fourth-order valence-electron chi connectivity index (χ4n) is 9.39. The van der Waals surface area contributed by atoms with Crippen LogP contribution in [-0.4, -0.2) is 15.0 Å². The van der Waals surface area contributed by atoms with Gasteiger partial charge in [-0.2, -0.15) is 0 Å². The molecule has 1 aliphatic heterocycles. The van der Waals surface area contributed by atoms with E-state index in [1.54, 1.807) is 0 Å². The summed E-state index contributed by atoms with van der Waals surface area (Å²) < 4.78 is 6.65. The van der Waals surface area contributed by atoms with Crippen LogP contribution in [0.4, 0.5) is 0 Å². The van der Waals surface area contributed by atoms with Crippen molar-refractivity contribution in [1.29, 1.82) is 0 Å². The van der Waals surface area contributed by atoms with E-state index in [2.05, 4.69) is 176 Å². The molecule has 4 nitrogen and oxygen atoms in total. The monoisotopic (exact) mass is 739 g/mol. The normalized spacial score (nSPS) is 13.1. The maximum atomic E-state index is 6.65. The van der Waals surface area contributed by atoms with Gasteiger partial charge < -0.3 is 4.74 Å². The Kier molecular flexibility index (Phi) is 7.11. The maximum absolute atomic E-state index is 6.65. The molecule has 2 aromatic heterocycles. The van der Waals surface area contributed by atoms with Gasteiger partial charge in [-0.25, -0.2) is 15.0 Å². The molecule has 270 valence electrons. The van der Waals surface area contributed by atoms with Gasteiger partial charge in [-0.05, 0) is 70.1 Å². The summed E-state index contributed by atoms with van der Waals surface area (Å²) in [5.41, 5.74) is 14.3. The highest BCUT2D eigenvalue weighted by atomic mass is 16.5. The third-order valence-electron chi connectivity index (χ3n) is 11.9. The van der Waals surface area contributed by atoms with Gasteiger partial charge in [0.15, 0.2) is 5.82 Å². The Bertz CT molecular complexity index is 3150. The number of ether oxygens (including phenoxy) is 1. The lowest BCUT2D eigenvalue weighted by molar-refractivity contribution is 0.436. The first-order chi connectivity index (χ1) is 28.7. The molecule has 0 bridgehead atoms. The number of benzene rings is 8. The van der Waals surface area contributed by atoms with Crippen molar-refractivity contribution in [3.05, 3.63) is 222 Å². The fourth-order valence-corrected chi connectivity index (χ4v) is 9.39. The van der Waals surface area contributed by atoms with Crippen molar-refractivity contribution in [2.45, 2.75) is 5.41 Å². The molecule has 0 saturated carbocycles. The van der Waals surface area contributed by atoms with Crippen LogP contribution in [-0.2, 0) is 5.41 Å². The summed E-state index contributed by atoms with van der Waals surface area (Å²) in [6, 6.07) is 70.6. The van der Waals surface area contributed by atoms with Crippen LogP contribution >= 0.6 is 0 Å². The predicted octanol–water partition coefficient (Wildman–Crippen LogP) is 13.3. The molecule has 12 rings (SSSR count). The first-order valence-electron chi connectivity index (χ1n) is 19.7. The van der Waals surface area contributed by atoms with Gasteiger partial charge >= 0.3 is 0 Å². The molecule has 4 heteroatoms. The molecule has 2 aliphatic rings. The second kappa shape index (κ2) is 12.7. The van der Waals surface area contributed by atoms with Crippen LogP contribution in [0.15, 0.2) is 200 Å². The van der Waals surface area contributed by atoms with E-state index in [4.69, 9.17) is 19.7 Å². The predicted molar refractivity (Wildman–Crippen MR) is 234 cm³/mol. The Labute approximate surface area is 335 Å². The van der Waals surface area contributed by atoms with Crippen molar-refractivity contribution in [3.63, 3.8) is 0 Å². The molecule has 0 radical (unpaired) electrons. The van der Waals surface area contributed by atoms with E-state index in [9.17, 15) is 0 Å². The number of rotatable bonds is 4. The lowest BCUT2D eigenvalue weighted by atomic mass is 9.66. The highest BCUT2D eigenvalue weighted by Crippen LogP contribution is 2.62. The Morgan fingerprint density at radius 3 is 1.60 bits per heavy atom. The van der Waals surface area contributed by atoms with Gasteiger partial charge in [0.05, 0.1) is 28.0 Å². The van der Waals surface area contributed by atoms with E-state index in [-0.39, 0.29) is 0 Å². The molecular formula is C54H33N3O. The fraction of sp³-hybridized carbons (Fsp3) is 0.0185. The number of para-hydroxylation sites is 2. The van der Waals surface area contributed by atoms with Crippen LogP contribution < -0.4 is 4.74 Å². The standard InChI is InChI=1S/C54H33N3O/c1-4-16-34(17-5-1)48-33-49(57-53(56-48)36-20-8-3-9-21-36)37-28-29-47-41(30-37)39-32-46-40(31-42(39)52(55-47)35-18-6-2-7-19-35)38-22-10-11-23-43(38)54(46)44-24-12-14-26-50(44)58-51-27-15-13-25-45(51)54/h1-33H. The molecule has 8 aromatic carbocycles. The zero-order valence-electron chi connectivity index (χ0n) is 31.3. The van der Waals surface area contributed by atoms with Crippen LogP contribution in [0.1, 0.15) is 22.3 Å². The van der Waals surface area contributed by atoms with E-state index in [1.165, 1.54) is 22.3 Å². The van der Waals surface area contributed by atoms with Crippen LogP contribution in [0.5, 0.6) is 11.5 Å². The topological polar surface area (TPSA) is 47.9 Å². The van der Waals surface area contributed by atoms with Gasteiger partial charge in [-0.15, -0.1) is 0 Å². The summed E-state index contributed by atoms with van der Waals surface area (Å²) in [6.07, 6.45) is 0. The number of pyridine rings is 1. The number of hydrogen-bond acceptors (Lipinski definition) is 4. The van der Waals surface area contributed by atoms with Gasteiger partial charge in [-0.1, -0.05) is 158 Å². The van der Waals surface area contributed by atoms with Crippen LogP contribution in [0.3, 0.4) is 0 Å². The zero-order valence-corrected chi connectivity index (χ0v) is 31.3. The van der Waals surface area contributed by atoms with Crippen molar-refractivity contribution < 1.29 is 4.74 Å². The van der Waals surface area contributed by atoms with Crippen LogP contribution in [0.25, 0.3) is 78.0 Å². The summed E-state index contributed by atoms with van der Waals surface area (Å²) in [7, 11) is 0. The molecule has 0 fully saturated rings. The van der Waals surface area contributed by atoms with Crippen LogP contribution in [0, 0.1) is 0 Å². The van der Waals surface area contributed by atoms with Crippen molar-refractivity contribution in [1.82, 2.24) is 15.0 Å². The number of aromatic nitrogens is 3. The molecule has 58 heavy (non-hydrogen) atoms. The summed E-state index contributed by atoms with van der Waals surface area (Å²) in [5.74, 6) is 2.44. The van der Waals surface area contributed by atoms with Crippen molar-refractivity contribution >= 4 is 21.7 Å². The molecule has 3 heterocycles. The highest BCUT2D eigenvalue weighted by molar-refractivity contribution is 6.14. The maximum Gasteiger partial charge on any atom is 0.160 e. The highest BCUT2D eigenvalue weighted by Gasteiger charge is 2.51. The lowest BCUT2D eigenvalue weighted by Gasteiger charge is -2.39. The Morgan fingerprint density at radius 1 is 0.345 bits per heavy atom. The van der Waals surface area contributed by atoms with Crippen molar-refractivity contribution in [2.75, 3.05) is 0 Å². The second-order valence-corrected chi connectivity index (χ2v) is 15.1. The van der Waals surface area contributed by atoms with E-state index in [0.717, 1.165) is 83.6 Å². The van der Waals surface area contributed by atoms with E-state index < -0.39 is 5.41 Å². The molecule has 0 unspecified atom stereocenters. The number of nitrogens with zero attached hydrogens (tertiary/aromatic N) is 3. The van der Waals surface area contributed by atoms with Crippen molar-refractivity contribution in [3.8, 4) is 67.8 Å². The third-order valence-corrected chi connectivity index (χ3v) is 11.9. The molecule has 1 aliphatic carbocycles. The summed E-state index contributed by atoms with van der Waals surface area (Å²) >= 11 is 0. The van der Waals surface area contributed by atoms with Gasteiger partial charge in [0.1, 0.15) is 11.5 Å². The summed E-state index contributed by atoms with van der Waals surface area (Å²) in [6.45, 7) is 0. The van der Waals surface area contributed by atoms with Gasteiger partial charge in [0.25, 0.3) is 0 Å². The zero-order chi connectivity index (χ0) is 38.2.